The molecule has 2 atom stereocenters. The summed E-state index contributed by atoms with van der Waals surface area (Å²) < 4.78 is 1.79. The second kappa shape index (κ2) is 11.5. The van der Waals surface area contributed by atoms with Crippen LogP contribution in [-0.2, 0) is 16.6 Å². The molecule has 212 valence electrons. The quantitative estimate of drug-likeness (QED) is 0.331. The summed E-state index contributed by atoms with van der Waals surface area (Å²) in [4.78, 5) is 27.8. The average Bonchev–Trinajstić information content (AvgIpc) is 3.44. The lowest BCUT2D eigenvalue weighted by molar-refractivity contribution is -0.136. The molecule has 3 amide bonds. The number of rotatable bonds is 7. The maximum absolute atomic E-state index is 13.0. The second-order valence-electron chi connectivity index (χ2n) is 12.7. The van der Waals surface area contributed by atoms with Crippen LogP contribution in [0.2, 0.25) is 0 Å². The molecule has 3 heterocycles. The molecular weight excluding hydrogens is 498 g/mol. The highest BCUT2D eigenvalue weighted by molar-refractivity contribution is 5.99. The molecule has 2 saturated heterocycles. The van der Waals surface area contributed by atoms with Crippen LogP contribution in [0.5, 0.6) is 0 Å². The Bertz CT molecular complexity index is 1320. The fourth-order valence-corrected chi connectivity index (χ4v) is 6.26. The van der Waals surface area contributed by atoms with Gasteiger partial charge in [0, 0.05) is 35.7 Å². The Balaban J connectivity index is 1.20. The lowest BCUT2D eigenvalue weighted by Gasteiger charge is -2.39. The highest BCUT2D eigenvalue weighted by Gasteiger charge is 2.42. The van der Waals surface area contributed by atoms with Gasteiger partial charge in [-0.1, -0.05) is 57.5 Å². The molecule has 1 aromatic heterocycles. The Morgan fingerprint density at radius 3 is 2.20 bits per heavy atom. The molecule has 40 heavy (non-hydrogen) atoms. The van der Waals surface area contributed by atoms with E-state index in [9.17, 15) is 9.59 Å². The summed E-state index contributed by atoms with van der Waals surface area (Å²) in [6.45, 7) is 10.5. The number of nitrogens with one attached hydrogen (secondary N) is 2. The first-order valence-electron chi connectivity index (χ1n) is 14.8. The van der Waals surface area contributed by atoms with Crippen molar-refractivity contribution in [3.05, 3.63) is 71.4 Å². The summed E-state index contributed by atoms with van der Waals surface area (Å²) in [7, 11) is 0. The third-order valence-corrected chi connectivity index (χ3v) is 8.32. The lowest BCUT2D eigenvalue weighted by Crippen LogP contribution is -2.46. The Kier molecular flexibility index (Phi) is 8.02. The number of aromatic nitrogens is 2. The monoisotopic (exact) mass is 541 g/mol. The van der Waals surface area contributed by atoms with E-state index >= 15 is 0 Å². The molecule has 2 aliphatic heterocycles. The zero-order chi connectivity index (χ0) is 28.4. The molecule has 0 saturated carbocycles. The Morgan fingerprint density at radius 2 is 1.60 bits per heavy atom. The molecule has 2 bridgehead atoms. The third-order valence-electron chi connectivity index (χ3n) is 8.32. The molecule has 5 rings (SSSR count). The summed E-state index contributed by atoms with van der Waals surface area (Å²) in [6, 6.07) is 18.7. The van der Waals surface area contributed by atoms with Gasteiger partial charge in [0.2, 0.25) is 5.91 Å². The summed E-state index contributed by atoms with van der Waals surface area (Å²) in [5.41, 5.74) is 4.84. The van der Waals surface area contributed by atoms with Gasteiger partial charge in [0.25, 0.3) is 0 Å². The van der Waals surface area contributed by atoms with Gasteiger partial charge in [-0.3, -0.25) is 10.1 Å². The number of benzene rings is 2. The predicted octanol–water partition coefficient (Wildman–Crippen LogP) is 7.23. The number of hydrogen-bond donors (Lipinski definition) is 2. The molecule has 2 fully saturated rings. The van der Waals surface area contributed by atoms with Crippen LogP contribution in [0.1, 0.15) is 83.0 Å². The van der Waals surface area contributed by atoms with Gasteiger partial charge in [0.15, 0.2) is 0 Å². The van der Waals surface area contributed by atoms with E-state index in [-0.39, 0.29) is 11.4 Å². The smallest absolute Gasteiger partial charge is 0.324 e. The SMILES string of the molecule is CCCC(=O)N1C2CCC1CC(Cc1ccc(NC(=O)Nc3cc(C(C)(C)C)nn3-c3ccc(C)cc3)cc1)C2. The number of carbonyl (C=O) groups is 2. The van der Waals surface area contributed by atoms with E-state index < -0.39 is 0 Å². The molecule has 3 aromatic rings. The van der Waals surface area contributed by atoms with E-state index in [4.69, 9.17) is 5.10 Å². The van der Waals surface area contributed by atoms with Crippen molar-refractivity contribution in [2.45, 2.75) is 97.1 Å². The van der Waals surface area contributed by atoms with Gasteiger partial charge in [-0.2, -0.15) is 5.10 Å². The van der Waals surface area contributed by atoms with Crippen LogP contribution in [0.15, 0.2) is 54.6 Å². The van der Waals surface area contributed by atoms with Gasteiger partial charge >= 0.3 is 6.03 Å². The minimum absolute atomic E-state index is 0.153. The van der Waals surface area contributed by atoms with Gasteiger partial charge in [-0.15, -0.1) is 0 Å². The molecule has 0 spiro atoms. The third kappa shape index (κ3) is 6.24. The van der Waals surface area contributed by atoms with Crippen LogP contribution < -0.4 is 10.6 Å². The van der Waals surface area contributed by atoms with Crippen molar-refractivity contribution >= 4 is 23.4 Å². The van der Waals surface area contributed by atoms with Crippen molar-refractivity contribution in [3.8, 4) is 5.69 Å². The number of anilines is 2. The van der Waals surface area contributed by atoms with Gasteiger partial charge in [0.1, 0.15) is 5.82 Å². The van der Waals surface area contributed by atoms with Crippen molar-refractivity contribution in [1.82, 2.24) is 14.7 Å². The molecular formula is C33H43N5O2. The fraction of sp³-hybridized carbons (Fsp3) is 0.485. The zero-order valence-electron chi connectivity index (χ0n) is 24.5. The van der Waals surface area contributed by atoms with E-state index in [0.29, 0.717) is 36.1 Å². The molecule has 7 heteroatoms. The van der Waals surface area contributed by atoms with Crippen LogP contribution in [0.4, 0.5) is 16.3 Å². The highest BCUT2D eigenvalue weighted by Crippen LogP contribution is 2.40. The second-order valence-corrected chi connectivity index (χ2v) is 12.7. The maximum atomic E-state index is 13.0. The molecule has 2 aromatic carbocycles. The van der Waals surface area contributed by atoms with Crippen LogP contribution in [0.3, 0.4) is 0 Å². The van der Waals surface area contributed by atoms with Crippen molar-refractivity contribution in [3.63, 3.8) is 0 Å². The van der Waals surface area contributed by atoms with E-state index in [0.717, 1.165) is 55.6 Å². The van der Waals surface area contributed by atoms with Crippen LogP contribution in [-0.4, -0.2) is 38.7 Å². The van der Waals surface area contributed by atoms with E-state index in [1.54, 1.807) is 4.68 Å². The Morgan fingerprint density at radius 1 is 0.950 bits per heavy atom. The van der Waals surface area contributed by atoms with Crippen LogP contribution >= 0.6 is 0 Å². The van der Waals surface area contributed by atoms with Gasteiger partial charge in [-0.05, 0) is 81.2 Å². The first-order valence-corrected chi connectivity index (χ1v) is 14.8. The Hall–Kier alpha value is -3.61. The van der Waals surface area contributed by atoms with E-state index in [1.165, 1.54) is 11.1 Å². The van der Waals surface area contributed by atoms with Crippen molar-refractivity contribution in [2.24, 2.45) is 5.92 Å². The van der Waals surface area contributed by atoms with Crippen molar-refractivity contribution < 1.29 is 9.59 Å². The van der Waals surface area contributed by atoms with Crippen LogP contribution in [0, 0.1) is 12.8 Å². The maximum Gasteiger partial charge on any atom is 0.324 e. The zero-order valence-corrected chi connectivity index (χ0v) is 24.5. The van der Waals surface area contributed by atoms with Gasteiger partial charge in [0.05, 0.1) is 11.4 Å². The largest absolute Gasteiger partial charge is 0.337 e. The van der Waals surface area contributed by atoms with Crippen molar-refractivity contribution in [2.75, 3.05) is 10.6 Å². The number of urea groups is 1. The minimum atomic E-state index is -0.304. The number of amides is 3. The summed E-state index contributed by atoms with van der Waals surface area (Å²) in [5.74, 6) is 1.57. The standard InChI is InChI=1S/C33H43N5O2/c1-6-7-31(39)37-27-16-17-28(37)20-24(19-27)18-23-10-12-25(13-11-23)34-32(40)35-30-21-29(33(3,4)5)36-38(30)26-14-8-22(2)9-15-26/h8-15,21,24,27-28H,6-7,16-20H2,1-5H3,(H2,34,35,40). The summed E-state index contributed by atoms with van der Waals surface area (Å²) >= 11 is 0. The van der Waals surface area contributed by atoms with E-state index in [2.05, 4.69) is 62.3 Å². The molecule has 2 aliphatic rings. The Labute approximate surface area is 238 Å². The van der Waals surface area contributed by atoms with Gasteiger partial charge < -0.3 is 10.2 Å². The van der Waals surface area contributed by atoms with E-state index in [1.807, 2.05) is 42.5 Å². The topological polar surface area (TPSA) is 79.3 Å². The number of nitrogens with zero attached hydrogens (tertiary/aromatic N) is 3. The minimum Gasteiger partial charge on any atom is -0.337 e. The summed E-state index contributed by atoms with van der Waals surface area (Å²) in [6.07, 6.45) is 7.10. The highest BCUT2D eigenvalue weighted by atomic mass is 16.2. The summed E-state index contributed by atoms with van der Waals surface area (Å²) in [5, 5.41) is 10.8. The lowest BCUT2D eigenvalue weighted by atomic mass is 9.85. The molecule has 2 N–H and O–H groups in total. The molecule has 0 aliphatic carbocycles. The number of fused-ring (bicyclic) bond motifs is 2. The first kappa shape index (κ1) is 27.9. The normalized spacial score (nSPS) is 20.4. The van der Waals surface area contributed by atoms with Gasteiger partial charge in [-0.25, -0.2) is 9.48 Å². The number of hydrogen-bond acceptors (Lipinski definition) is 3. The first-order chi connectivity index (χ1) is 19.1. The van der Waals surface area contributed by atoms with Crippen LogP contribution in [0.25, 0.3) is 5.69 Å². The average molecular weight is 542 g/mol. The fourth-order valence-electron chi connectivity index (χ4n) is 6.26. The number of piperidine rings is 1. The predicted molar refractivity (Wildman–Crippen MR) is 161 cm³/mol. The number of carbonyl (C=O) groups excluding carboxylic acids is 2. The molecule has 0 radical (unpaired) electrons. The number of aryl methyl sites for hydroxylation is 1. The van der Waals surface area contributed by atoms with Crippen molar-refractivity contribution in [1.29, 1.82) is 0 Å². The molecule has 7 nitrogen and oxygen atoms in total. The molecule has 2 unspecified atom stereocenters.